The molecule has 208 valence electrons. The molecule has 3 rings (SSSR count). The average Bonchev–Trinajstić information content (AvgIpc) is 2.94. The fourth-order valence-corrected chi connectivity index (χ4v) is 4.01. The molecule has 1 heterocycles. The lowest BCUT2D eigenvalue weighted by Crippen LogP contribution is -2.41. The molecular formula is C29H39NO8. The maximum atomic E-state index is 11.8. The minimum absolute atomic E-state index is 0.0810. The summed E-state index contributed by atoms with van der Waals surface area (Å²) in [4.78, 5) is 23.1. The summed E-state index contributed by atoms with van der Waals surface area (Å²) in [6, 6.07) is 17.3. The van der Waals surface area contributed by atoms with E-state index in [1.807, 2.05) is 54.6 Å². The van der Waals surface area contributed by atoms with E-state index in [0.717, 1.165) is 36.1 Å². The lowest BCUT2D eigenvalue weighted by atomic mass is 10.1. The van der Waals surface area contributed by atoms with Crippen molar-refractivity contribution < 1.29 is 38.0 Å². The molecular weight excluding hydrogens is 490 g/mol. The van der Waals surface area contributed by atoms with E-state index in [1.165, 1.54) is 6.92 Å². The number of alkyl carbamates (subject to hydrolysis) is 1. The molecule has 38 heavy (non-hydrogen) atoms. The van der Waals surface area contributed by atoms with Crippen molar-refractivity contribution >= 4 is 12.1 Å². The molecule has 0 bridgehead atoms. The third kappa shape index (κ3) is 11.5. The standard InChI is InChI=1S/C29H39NO8/c1-22(31)35-21-27-17-26(36-19-24-11-13-25(33-2)14-12-24)18-28(38-27)34-16-8-4-7-15-30-29(32)37-20-23-9-5-3-6-10-23/h3,5-6,9-14,26-28H,4,7-8,15-21H2,1-2H3,(H,30,32)/t26-,27+,28+/m0/s1. The fourth-order valence-electron chi connectivity index (χ4n) is 4.01. The van der Waals surface area contributed by atoms with E-state index in [-0.39, 0.29) is 31.4 Å². The van der Waals surface area contributed by atoms with Crippen molar-refractivity contribution in [2.24, 2.45) is 0 Å². The summed E-state index contributed by atoms with van der Waals surface area (Å²) in [5, 5.41) is 2.77. The highest BCUT2D eigenvalue weighted by atomic mass is 16.7. The number of benzene rings is 2. The van der Waals surface area contributed by atoms with Crippen LogP contribution in [-0.4, -0.2) is 57.4 Å². The van der Waals surface area contributed by atoms with Gasteiger partial charge in [-0.2, -0.15) is 0 Å². The minimum Gasteiger partial charge on any atom is -0.497 e. The molecule has 0 saturated carbocycles. The number of hydrogen-bond acceptors (Lipinski definition) is 8. The Balaban J connectivity index is 1.32. The number of methoxy groups -OCH3 is 1. The molecule has 0 unspecified atom stereocenters. The molecule has 2 aromatic rings. The molecule has 1 N–H and O–H groups in total. The summed E-state index contributed by atoms with van der Waals surface area (Å²) in [7, 11) is 1.64. The first-order valence-electron chi connectivity index (χ1n) is 13.1. The predicted octanol–water partition coefficient (Wildman–Crippen LogP) is 4.76. The number of hydrogen-bond donors (Lipinski definition) is 1. The van der Waals surface area contributed by atoms with E-state index in [1.54, 1.807) is 7.11 Å². The van der Waals surface area contributed by atoms with Gasteiger partial charge in [0.1, 0.15) is 19.0 Å². The van der Waals surface area contributed by atoms with Crippen molar-refractivity contribution in [1.82, 2.24) is 5.32 Å². The zero-order chi connectivity index (χ0) is 27.0. The predicted molar refractivity (Wildman–Crippen MR) is 141 cm³/mol. The number of ether oxygens (including phenoxy) is 6. The molecule has 2 aromatic carbocycles. The number of carbonyl (C=O) groups is 2. The van der Waals surface area contributed by atoms with E-state index < -0.39 is 12.4 Å². The Labute approximate surface area is 224 Å². The first-order valence-corrected chi connectivity index (χ1v) is 13.1. The van der Waals surface area contributed by atoms with Crippen LogP contribution < -0.4 is 10.1 Å². The summed E-state index contributed by atoms with van der Waals surface area (Å²) in [6.45, 7) is 3.33. The number of nitrogens with one attached hydrogen (secondary N) is 1. The fraction of sp³-hybridized carbons (Fsp3) is 0.517. The highest BCUT2D eigenvalue weighted by Crippen LogP contribution is 2.25. The Morgan fingerprint density at radius 2 is 1.66 bits per heavy atom. The molecule has 1 aliphatic heterocycles. The molecule has 3 atom stereocenters. The third-order valence-electron chi connectivity index (χ3n) is 6.05. The second kappa shape index (κ2) is 16.7. The van der Waals surface area contributed by atoms with Crippen LogP contribution in [0.5, 0.6) is 5.75 Å². The van der Waals surface area contributed by atoms with Crippen LogP contribution in [-0.2, 0) is 41.7 Å². The van der Waals surface area contributed by atoms with E-state index in [9.17, 15) is 9.59 Å². The van der Waals surface area contributed by atoms with Crippen LogP contribution >= 0.6 is 0 Å². The van der Waals surface area contributed by atoms with Gasteiger partial charge in [-0.3, -0.25) is 4.79 Å². The van der Waals surface area contributed by atoms with E-state index in [0.29, 0.717) is 32.6 Å². The quantitative estimate of drug-likeness (QED) is 0.260. The number of amides is 1. The topological polar surface area (TPSA) is 102 Å². The van der Waals surface area contributed by atoms with Crippen molar-refractivity contribution in [3.8, 4) is 5.75 Å². The molecule has 1 aliphatic rings. The van der Waals surface area contributed by atoms with Gasteiger partial charge in [0.15, 0.2) is 6.29 Å². The van der Waals surface area contributed by atoms with Crippen molar-refractivity contribution in [1.29, 1.82) is 0 Å². The van der Waals surface area contributed by atoms with Crippen LogP contribution in [0.25, 0.3) is 0 Å². The van der Waals surface area contributed by atoms with Gasteiger partial charge in [0.2, 0.25) is 0 Å². The summed E-state index contributed by atoms with van der Waals surface area (Å²) in [6.07, 6.45) is 2.53. The van der Waals surface area contributed by atoms with Gasteiger partial charge in [-0.05, 0) is 42.5 Å². The van der Waals surface area contributed by atoms with Crippen LogP contribution in [0.1, 0.15) is 50.2 Å². The Kier molecular flexibility index (Phi) is 12.9. The Morgan fingerprint density at radius 3 is 2.39 bits per heavy atom. The van der Waals surface area contributed by atoms with Gasteiger partial charge in [-0.1, -0.05) is 42.5 Å². The number of rotatable bonds is 15. The van der Waals surface area contributed by atoms with Gasteiger partial charge in [0, 0.05) is 32.9 Å². The Morgan fingerprint density at radius 1 is 0.895 bits per heavy atom. The van der Waals surface area contributed by atoms with Crippen molar-refractivity contribution in [2.45, 2.75) is 70.7 Å². The van der Waals surface area contributed by atoms with Gasteiger partial charge >= 0.3 is 12.1 Å². The van der Waals surface area contributed by atoms with Gasteiger partial charge < -0.3 is 33.7 Å². The largest absolute Gasteiger partial charge is 0.497 e. The Hall–Kier alpha value is -3.14. The first kappa shape index (κ1) is 29.4. The van der Waals surface area contributed by atoms with Crippen LogP contribution in [0.3, 0.4) is 0 Å². The third-order valence-corrected chi connectivity index (χ3v) is 6.05. The summed E-state index contributed by atoms with van der Waals surface area (Å²) in [5.41, 5.74) is 2.00. The summed E-state index contributed by atoms with van der Waals surface area (Å²) < 4.78 is 33.7. The molecule has 1 fully saturated rings. The van der Waals surface area contributed by atoms with Crippen molar-refractivity contribution in [3.05, 3.63) is 65.7 Å². The monoisotopic (exact) mass is 529 g/mol. The van der Waals surface area contributed by atoms with Crippen molar-refractivity contribution in [3.63, 3.8) is 0 Å². The molecule has 9 heteroatoms. The average molecular weight is 530 g/mol. The van der Waals surface area contributed by atoms with E-state index in [2.05, 4.69) is 5.32 Å². The molecule has 1 amide bonds. The van der Waals surface area contributed by atoms with Crippen molar-refractivity contribution in [2.75, 3.05) is 26.9 Å². The van der Waals surface area contributed by atoms with Gasteiger partial charge in [0.05, 0.1) is 25.9 Å². The lowest BCUT2D eigenvalue weighted by molar-refractivity contribution is -0.231. The number of esters is 1. The SMILES string of the molecule is COc1ccc(CO[C@H]2C[C@H](COC(C)=O)O[C@@H](OCCCCCNC(=O)OCc3ccccc3)C2)cc1. The second-order valence-electron chi connectivity index (χ2n) is 9.16. The highest BCUT2D eigenvalue weighted by Gasteiger charge is 2.31. The summed E-state index contributed by atoms with van der Waals surface area (Å²) in [5.74, 6) is 0.457. The molecule has 0 aromatic heterocycles. The molecule has 0 radical (unpaired) electrons. The van der Waals surface area contributed by atoms with Crippen LogP contribution in [0.2, 0.25) is 0 Å². The maximum absolute atomic E-state index is 11.8. The molecule has 9 nitrogen and oxygen atoms in total. The lowest BCUT2D eigenvalue weighted by Gasteiger charge is -2.35. The van der Waals surface area contributed by atoms with E-state index in [4.69, 9.17) is 28.4 Å². The molecule has 1 saturated heterocycles. The number of unbranched alkanes of at least 4 members (excludes halogenated alkanes) is 2. The van der Waals surface area contributed by atoms with E-state index >= 15 is 0 Å². The van der Waals surface area contributed by atoms with Crippen LogP contribution in [0.4, 0.5) is 4.79 Å². The highest BCUT2D eigenvalue weighted by molar-refractivity contribution is 5.67. The first-order chi connectivity index (χ1) is 18.5. The smallest absolute Gasteiger partial charge is 0.407 e. The second-order valence-corrected chi connectivity index (χ2v) is 9.16. The zero-order valence-electron chi connectivity index (χ0n) is 22.3. The minimum atomic E-state index is -0.434. The Bertz CT molecular complexity index is 953. The number of carbonyl (C=O) groups excluding carboxylic acids is 2. The van der Waals surface area contributed by atoms with Gasteiger partial charge in [-0.15, -0.1) is 0 Å². The molecule has 0 spiro atoms. The van der Waals surface area contributed by atoms with Crippen LogP contribution in [0, 0.1) is 0 Å². The maximum Gasteiger partial charge on any atom is 0.407 e. The van der Waals surface area contributed by atoms with Gasteiger partial charge in [-0.25, -0.2) is 4.79 Å². The molecule has 0 aliphatic carbocycles. The summed E-state index contributed by atoms with van der Waals surface area (Å²) >= 11 is 0. The normalized spacial score (nSPS) is 18.9. The van der Waals surface area contributed by atoms with Gasteiger partial charge in [0.25, 0.3) is 0 Å². The zero-order valence-corrected chi connectivity index (χ0v) is 22.3. The van der Waals surface area contributed by atoms with Crippen LogP contribution in [0.15, 0.2) is 54.6 Å².